The minimum absolute atomic E-state index is 0.0960. The highest BCUT2D eigenvalue weighted by Gasteiger charge is 2.28. The Balaban J connectivity index is 2.33. The average molecular weight is 303 g/mol. The number of nitrogens with one attached hydrogen (secondary N) is 1. The van der Waals surface area contributed by atoms with Crippen molar-refractivity contribution in [3.63, 3.8) is 0 Å². The first kappa shape index (κ1) is 9.92. The van der Waals surface area contributed by atoms with Crippen molar-refractivity contribution in [3.8, 4) is 0 Å². The summed E-state index contributed by atoms with van der Waals surface area (Å²) in [4.78, 5) is 10.8. The highest BCUT2D eigenvalue weighted by atomic mass is 127. The zero-order chi connectivity index (χ0) is 10.1. The van der Waals surface area contributed by atoms with Gasteiger partial charge in [0, 0.05) is 0 Å². The van der Waals surface area contributed by atoms with Crippen LogP contribution in [0, 0.1) is 0 Å². The number of benzene rings is 1. The number of carboxylic acid groups (broad SMARTS) is 1. The van der Waals surface area contributed by atoms with Gasteiger partial charge < -0.3 is 5.11 Å². The van der Waals surface area contributed by atoms with E-state index in [-0.39, 0.29) is 4.05 Å². The van der Waals surface area contributed by atoms with Gasteiger partial charge in [0.25, 0.3) is 0 Å². The Bertz CT molecular complexity index is 367. The molecule has 0 bridgehead atoms. The molecule has 0 spiro atoms. The summed E-state index contributed by atoms with van der Waals surface area (Å²) in [5.41, 5.74) is 2.34. The maximum absolute atomic E-state index is 10.8. The van der Waals surface area contributed by atoms with E-state index in [1.54, 1.807) is 0 Å². The molecule has 1 aliphatic heterocycles. The van der Waals surface area contributed by atoms with E-state index in [1.807, 2.05) is 24.3 Å². The molecule has 2 atom stereocenters. The van der Waals surface area contributed by atoms with Crippen molar-refractivity contribution in [2.45, 2.75) is 16.5 Å². The van der Waals surface area contributed by atoms with Crippen LogP contribution in [0.2, 0.25) is 0 Å². The van der Waals surface area contributed by atoms with E-state index in [1.165, 1.54) is 5.56 Å². The lowest BCUT2D eigenvalue weighted by molar-refractivity contribution is -0.139. The molecule has 14 heavy (non-hydrogen) atoms. The number of fused-ring (bicyclic) bond motifs is 1. The molecule has 1 heterocycles. The Morgan fingerprint density at radius 3 is 2.93 bits per heavy atom. The maximum atomic E-state index is 10.8. The van der Waals surface area contributed by atoms with E-state index in [0.29, 0.717) is 6.42 Å². The zero-order valence-electron chi connectivity index (χ0n) is 7.40. The number of carboxylic acids is 1. The molecular weight excluding hydrogens is 293 g/mol. The van der Waals surface area contributed by atoms with Crippen LogP contribution in [0.25, 0.3) is 0 Å². The van der Waals surface area contributed by atoms with E-state index >= 15 is 0 Å². The largest absolute Gasteiger partial charge is 0.480 e. The molecule has 0 aromatic heterocycles. The van der Waals surface area contributed by atoms with Gasteiger partial charge in [-0.15, -0.1) is 0 Å². The SMILES string of the molecule is O=C(O)C1Cc2ccccc2C(I)N1. The summed E-state index contributed by atoms with van der Waals surface area (Å²) in [5, 5.41) is 12.0. The summed E-state index contributed by atoms with van der Waals surface area (Å²) >= 11 is 2.22. The Labute approximate surface area is 95.7 Å². The van der Waals surface area contributed by atoms with Crippen LogP contribution in [-0.2, 0) is 11.2 Å². The zero-order valence-corrected chi connectivity index (χ0v) is 9.56. The molecule has 2 rings (SSSR count). The van der Waals surface area contributed by atoms with Crippen LogP contribution in [0.5, 0.6) is 0 Å². The second-order valence-corrected chi connectivity index (χ2v) is 4.57. The Morgan fingerprint density at radius 2 is 2.21 bits per heavy atom. The van der Waals surface area contributed by atoms with Gasteiger partial charge in [-0.1, -0.05) is 46.9 Å². The lowest BCUT2D eigenvalue weighted by atomic mass is 9.96. The molecule has 1 aromatic carbocycles. The van der Waals surface area contributed by atoms with Crippen molar-refractivity contribution in [1.29, 1.82) is 0 Å². The van der Waals surface area contributed by atoms with E-state index in [4.69, 9.17) is 5.11 Å². The van der Waals surface area contributed by atoms with Gasteiger partial charge in [0.15, 0.2) is 0 Å². The van der Waals surface area contributed by atoms with Crippen molar-refractivity contribution in [3.05, 3.63) is 35.4 Å². The molecule has 0 aliphatic carbocycles. The van der Waals surface area contributed by atoms with Crippen LogP contribution < -0.4 is 5.32 Å². The standard InChI is InChI=1S/C10H10INO2/c11-9-7-4-2-1-3-6(7)5-8(12-9)10(13)14/h1-4,8-9,12H,5H2,(H,13,14). The second kappa shape index (κ2) is 3.86. The third-order valence-electron chi connectivity index (χ3n) is 2.40. The summed E-state index contributed by atoms with van der Waals surface area (Å²) in [6, 6.07) is 7.52. The first-order valence-corrected chi connectivity index (χ1v) is 5.64. The van der Waals surface area contributed by atoms with Gasteiger partial charge in [-0.05, 0) is 17.5 Å². The van der Waals surface area contributed by atoms with Crippen LogP contribution in [0.1, 0.15) is 15.2 Å². The Morgan fingerprint density at radius 1 is 1.50 bits per heavy atom. The van der Waals surface area contributed by atoms with Crippen LogP contribution in [0.3, 0.4) is 0 Å². The molecule has 0 fully saturated rings. The summed E-state index contributed by atoms with van der Waals surface area (Å²) in [7, 11) is 0. The summed E-state index contributed by atoms with van der Waals surface area (Å²) < 4.78 is 0.0960. The second-order valence-electron chi connectivity index (χ2n) is 3.32. The lowest BCUT2D eigenvalue weighted by Crippen LogP contribution is -2.42. The van der Waals surface area contributed by atoms with E-state index in [2.05, 4.69) is 27.9 Å². The number of carbonyl (C=O) groups is 1. The topological polar surface area (TPSA) is 49.3 Å². The molecule has 2 unspecified atom stereocenters. The number of aliphatic carboxylic acids is 1. The van der Waals surface area contributed by atoms with Crippen molar-refractivity contribution in [2.75, 3.05) is 0 Å². The van der Waals surface area contributed by atoms with Crippen molar-refractivity contribution < 1.29 is 9.90 Å². The summed E-state index contributed by atoms with van der Waals surface area (Å²) in [6.07, 6.45) is 0.574. The van der Waals surface area contributed by atoms with E-state index in [9.17, 15) is 4.79 Å². The average Bonchev–Trinajstić information content (AvgIpc) is 2.17. The highest BCUT2D eigenvalue weighted by Crippen LogP contribution is 2.29. The van der Waals surface area contributed by atoms with Crippen molar-refractivity contribution in [1.82, 2.24) is 5.32 Å². The smallest absolute Gasteiger partial charge is 0.321 e. The molecule has 0 amide bonds. The Kier molecular flexibility index (Phi) is 2.73. The van der Waals surface area contributed by atoms with Crippen LogP contribution in [0.4, 0.5) is 0 Å². The summed E-state index contributed by atoms with van der Waals surface area (Å²) in [6.45, 7) is 0. The minimum Gasteiger partial charge on any atom is -0.480 e. The fourth-order valence-corrected chi connectivity index (χ4v) is 2.71. The first-order chi connectivity index (χ1) is 6.68. The molecule has 3 nitrogen and oxygen atoms in total. The number of hydrogen-bond donors (Lipinski definition) is 2. The van der Waals surface area contributed by atoms with Crippen molar-refractivity contribution >= 4 is 28.6 Å². The molecular formula is C10H10INO2. The van der Waals surface area contributed by atoms with E-state index in [0.717, 1.165) is 5.56 Å². The number of hydrogen-bond acceptors (Lipinski definition) is 2. The van der Waals surface area contributed by atoms with Gasteiger partial charge in [-0.3, -0.25) is 10.1 Å². The normalized spacial score (nSPS) is 25.5. The third kappa shape index (κ3) is 1.76. The fraction of sp³-hybridized carbons (Fsp3) is 0.300. The number of alkyl halides is 1. The quantitative estimate of drug-likeness (QED) is 0.472. The fourth-order valence-electron chi connectivity index (χ4n) is 1.67. The van der Waals surface area contributed by atoms with Crippen LogP contribution in [-0.4, -0.2) is 17.1 Å². The number of rotatable bonds is 1. The minimum atomic E-state index is -0.777. The van der Waals surface area contributed by atoms with Gasteiger partial charge in [0.05, 0.1) is 4.05 Å². The first-order valence-electron chi connectivity index (χ1n) is 4.39. The number of halogens is 1. The molecule has 0 saturated carbocycles. The lowest BCUT2D eigenvalue weighted by Gasteiger charge is -2.27. The molecule has 74 valence electrons. The molecule has 0 radical (unpaired) electrons. The molecule has 4 heteroatoms. The van der Waals surface area contributed by atoms with E-state index < -0.39 is 12.0 Å². The van der Waals surface area contributed by atoms with Crippen molar-refractivity contribution in [2.24, 2.45) is 0 Å². The predicted molar refractivity (Wildman–Crippen MR) is 61.5 cm³/mol. The maximum Gasteiger partial charge on any atom is 0.321 e. The van der Waals surface area contributed by atoms with Gasteiger partial charge in [0.1, 0.15) is 6.04 Å². The predicted octanol–water partition coefficient (Wildman–Crippen LogP) is 1.72. The van der Waals surface area contributed by atoms with Gasteiger partial charge in [-0.2, -0.15) is 0 Å². The van der Waals surface area contributed by atoms with Gasteiger partial charge in [-0.25, -0.2) is 0 Å². The van der Waals surface area contributed by atoms with Gasteiger partial charge >= 0.3 is 5.97 Å². The molecule has 1 aliphatic rings. The van der Waals surface area contributed by atoms with Crippen LogP contribution in [0.15, 0.2) is 24.3 Å². The Hall–Kier alpha value is -0.620. The molecule has 0 saturated heterocycles. The third-order valence-corrected chi connectivity index (χ3v) is 3.43. The monoisotopic (exact) mass is 303 g/mol. The molecule has 2 N–H and O–H groups in total. The summed E-state index contributed by atoms with van der Waals surface area (Å²) in [5.74, 6) is -0.777. The van der Waals surface area contributed by atoms with Gasteiger partial charge in [0.2, 0.25) is 0 Å². The highest BCUT2D eigenvalue weighted by molar-refractivity contribution is 14.1. The van der Waals surface area contributed by atoms with Crippen LogP contribution >= 0.6 is 22.6 Å². The molecule has 1 aromatic rings.